The van der Waals surface area contributed by atoms with Crippen LogP contribution < -0.4 is 15.4 Å². The van der Waals surface area contributed by atoms with Crippen LogP contribution in [-0.2, 0) is 11.3 Å². The first kappa shape index (κ1) is 18.4. The number of methoxy groups -OCH3 is 1. The molecule has 0 spiro atoms. The first-order valence-corrected chi connectivity index (χ1v) is 8.75. The van der Waals surface area contributed by atoms with Crippen molar-refractivity contribution in [2.75, 3.05) is 17.7 Å². The Morgan fingerprint density at radius 1 is 1.14 bits per heavy atom. The number of halogens is 1. The Morgan fingerprint density at radius 3 is 2.76 bits per heavy atom. The third-order valence-electron chi connectivity index (χ3n) is 4.19. The summed E-state index contributed by atoms with van der Waals surface area (Å²) in [5.74, 6) is 0.526. The molecule has 4 aromatic rings. The van der Waals surface area contributed by atoms with Gasteiger partial charge in [-0.05, 0) is 36.4 Å². The molecule has 2 N–H and O–H groups in total. The Labute approximate surface area is 165 Å². The van der Waals surface area contributed by atoms with E-state index in [1.165, 1.54) is 17.1 Å². The van der Waals surface area contributed by atoms with Gasteiger partial charge in [0.25, 0.3) is 0 Å². The van der Waals surface area contributed by atoms with Crippen LogP contribution >= 0.6 is 0 Å². The van der Waals surface area contributed by atoms with Gasteiger partial charge in [0.05, 0.1) is 19.0 Å². The zero-order valence-corrected chi connectivity index (χ0v) is 15.5. The van der Waals surface area contributed by atoms with Gasteiger partial charge >= 0.3 is 0 Å². The van der Waals surface area contributed by atoms with Crippen molar-refractivity contribution in [3.63, 3.8) is 0 Å². The molecule has 0 saturated carbocycles. The Bertz CT molecular complexity index is 1160. The van der Waals surface area contributed by atoms with Crippen LogP contribution in [0.25, 0.3) is 10.9 Å². The van der Waals surface area contributed by atoms with E-state index in [0.29, 0.717) is 28.3 Å². The summed E-state index contributed by atoms with van der Waals surface area (Å²) in [5, 5.41) is 10.6. The second kappa shape index (κ2) is 7.93. The number of ether oxygens (including phenoxy) is 1. The standard InChI is InChI=1S/C20H17FN6O2/c1-29-15-7-5-13(6-8-15)25-18(28)11-27-10-14(9-24-27)26-20-16-3-2-4-17(21)19(16)22-12-23-20/h2-10,12H,11H2,1H3,(H,25,28)(H,22,23,26). The fraction of sp³-hybridized carbons (Fsp3) is 0.100. The van der Waals surface area contributed by atoms with Gasteiger partial charge in [0.1, 0.15) is 35.8 Å². The van der Waals surface area contributed by atoms with Crippen LogP contribution in [0.4, 0.5) is 21.6 Å². The minimum absolute atomic E-state index is 0.0346. The molecule has 0 saturated heterocycles. The van der Waals surface area contributed by atoms with E-state index in [1.807, 2.05) is 0 Å². The van der Waals surface area contributed by atoms with Gasteiger partial charge in [-0.3, -0.25) is 9.48 Å². The second-order valence-electron chi connectivity index (χ2n) is 6.19. The molecule has 4 rings (SSSR count). The molecule has 0 radical (unpaired) electrons. The van der Waals surface area contributed by atoms with Gasteiger partial charge < -0.3 is 15.4 Å². The molecule has 0 unspecified atom stereocenters. The monoisotopic (exact) mass is 392 g/mol. The van der Waals surface area contributed by atoms with Crippen LogP contribution in [0.3, 0.4) is 0 Å². The predicted octanol–water partition coefficient (Wildman–Crippen LogP) is 3.36. The fourth-order valence-electron chi connectivity index (χ4n) is 2.82. The van der Waals surface area contributed by atoms with Crippen molar-refractivity contribution < 1.29 is 13.9 Å². The van der Waals surface area contributed by atoms with E-state index in [1.54, 1.807) is 55.9 Å². The molecule has 0 atom stereocenters. The molecule has 0 bridgehead atoms. The third kappa shape index (κ3) is 4.13. The van der Waals surface area contributed by atoms with E-state index in [2.05, 4.69) is 25.7 Å². The molecular formula is C20H17FN6O2. The Kier molecular flexibility index (Phi) is 5.02. The summed E-state index contributed by atoms with van der Waals surface area (Å²) in [6.45, 7) is 0.0346. The van der Waals surface area contributed by atoms with Crippen LogP contribution in [0.5, 0.6) is 5.75 Å². The maximum Gasteiger partial charge on any atom is 0.246 e. The number of para-hydroxylation sites is 1. The molecule has 0 aliphatic rings. The number of benzene rings is 2. The molecule has 0 aliphatic heterocycles. The molecule has 1 amide bonds. The zero-order chi connectivity index (χ0) is 20.2. The van der Waals surface area contributed by atoms with Crippen LogP contribution in [0.2, 0.25) is 0 Å². The van der Waals surface area contributed by atoms with Crippen LogP contribution in [-0.4, -0.2) is 32.8 Å². The van der Waals surface area contributed by atoms with E-state index >= 15 is 0 Å². The first-order valence-electron chi connectivity index (χ1n) is 8.75. The lowest BCUT2D eigenvalue weighted by atomic mass is 10.2. The normalized spacial score (nSPS) is 10.7. The van der Waals surface area contributed by atoms with Crippen molar-refractivity contribution in [3.8, 4) is 5.75 Å². The molecule has 146 valence electrons. The largest absolute Gasteiger partial charge is 0.497 e. The summed E-state index contributed by atoms with van der Waals surface area (Å²) in [7, 11) is 1.58. The number of hydrogen-bond acceptors (Lipinski definition) is 6. The minimum Gasteiger partial charge on any atom is -0.497 e. The summed E-state index contributed by atoms with van der Waals surface area (Å²) in [5.41, 5.74) is 1.51. The predicted molar refractivity (Wildman–Crippen MR) is 107 cm³/mol. The average molecular weight is 392 g/mol. The summed E-state index contributed by atoms with van der Waals surface area (Å²) in [6, 6.07) is 11.7. The van der Waals surface area contributed by atoms with Gasteiger partial charge in [0, 0.05) is 17.3 Å². The molecule has 2 heterocycles. The number of carbonyl (C=O) groups excluding carboxylic acids is 1. The van der Waals surface area contributed by atoms with E-state index in [9.17, 15) is 9.18 Å². The van der Waals surface area contributed by atoms with E-state index in [-0.39, 0.29) is 18.0 Å². The average Bonchev–Trinajstić information content (AvgIpc) is 3.16. The quantitative estimate of drug-likeness (QED) is 0.523. The molecule has 0 fully saturated rings. The Balaban J connectivity index is 1.43. The van der Waals surface area contributed by atoms with E-state index < -0.39 is 5.82 Å². The summed E-state index contributed by atoms with van der Waals surface area (Å²) in [6.07, 6.45) is 4.52. The SMILES string of the molecule is COc1ccc(NC(=O)Cn2cc(Nc3ncnc4c(F)cccc34)cn2)cc1. The number of nitrogens with one attached hydrogen (secondary N) is 2. The molecule has 0 aliphatic carbocycles. The lowest BCUT2D eigenvalue weighted by Gasteiger charge is -2.07. The van der Waals surface area contributed by atoms with Crippen molar-refractivity contribution in [2.24, 2.45) is 0 Å². The van der Waals surface area contributed by atoms with Crippen molar-refractivity contribution in [1.29, 1.82) is 0 Å². The number of aromatic nitrogens is 4. The van der Waals surface area contributed by atoms with Gasteiger partial charge in [0.15, 0.2) is 0 Å². The zero-order valence-electron chi connectivity index (χ0n) is 15.5. The van der Waals surface area contributed by atoms with Crippen molar-refractivity contribution in [3.05, 3.63) is 67.0 Å². The summed E-state index contributed by atoms with van der Waals surface area (Å²) >= 11 is 0. The second-order valence-corrected chi connectivity index (χ2v) is 6.19. The topological polar surface area (TPSA) is 94.0 Å². The number of nitrogens with zero attached hydrogens (tertiary/aromatic N) is 4. The lowest BCUT2D eigenvalue weighted by molar-refractivity contribution is -0.116. The van der Waals surface area contributed by atoms with Gasteiger partial charge in [-0.1, -0.05) is 6.07 Å². The maximum absolute atomic E-state index is 13.9. The van der Waals surface area contributed by atoms with Crippen molar-refractivity contribution in [1.82, 2.24) is 19.7 Å². The molecular weight excluding hydrogens is 375 g/mol. The maximum atomic E-state index is 13.9. The molecule has 2 aromatic heterocycles. The number of hydrogen-bond donors (Lipinski definition) is 2. The summed E-state index contributed by atoms with van der Waals surface area (Å²) in [4.78, 5) is 20.4. The van der Waals surface area contributed by atoms with Gasteiger partial charge in [0.2, 0.25) is 5.91 Å². The first-order chi connectivity index (χ1) is 14.1. The fourth-order valence-corrected chi connectivity index (χ4v) is 2.82. The molecule has 2 aromatic carbocycles. The third-order valence-corrected chi connectivity index (χ3v) is 4.19. The highest BCUT2D eigenvalue weighted by atomic mass is 19.1. The number of carbonyl (C=O) groups is 1. The molecule has 29 heavy (non-hydrogen) atoms. The van der Waals surface area contributed by atoms with Crippen molar-refractivity contribution >= 4 is 34.0 Å². The van der Waals surface area contributed by atoms with Crippen LogP contribution in [0.1, 0.15) is 0 Å². The van der Waals surface area contributed by atoms with Crippen LogP contribution in [0.15, 0.2) is 61.2 Å². The van der Waals surface area contributed by atoms with Crippen LogP contribution in [0, 0.1) is 5.82 Å². The molecule has 8 nitrogen and oxygen atoms in total. The highest BCUT2D eigenvalue weighted by Gasteiger charge is 2.10. The number of fused-ring (bicyclic) bond motifs is 1. The van der Waals surface area contributed by atoms with E-state index in [0.717, 1.165) is 0 Å². The number of amides is 1. The Hall–Kier alpha value is -4.01. The number of rotatable bonds is 6. The summed E-state index contributed by atoms with van der Waals surface area (Å²) < 4.78 is 20.5. The van der Waals surface area contributed by atoms with Gasteiger partial charge in [-0.2, -0.15) is 5.10 Å². The molecule has 9 heteroatoms. The highest BCUT2D eigenvalue weighted by molar-refractivity contribution is 5.91. The smallest absolute Gasteiger partial charge is 0.246 e. The minimum atomic E-state index is -0.418. The highest BCUT2D eigenvalue weighted by Crippen LogP contribution is 2.24. The number of anilines is 3. The van der Waals surface area contributed by atoms with Crippen molar-refractivity contribution in [2.45, 2.75) is 6.54 Å². The van der Waals surface area contributed by atoms with Gasteiger partial charge in [-0.15, -0.1) is 0 Å². The van der Waals surface area contributed by atoms with E-state index in [4.69, 9.17) is 4.74 Å². The Morgan fingerprint density at radius 2 is 1.97 bits per heavy atom. The lowest BCUT2D eigenvalue weighted by Crippen LogP contribution is -2.18. The van der Waals surface area contributed by atoms with Gasteiger partial charge in [-0.25, -0.2) is 14.4 Å².